The Morgan fingerprint density at radius 3 is 2.53 bits per heavy atom. The molecule has 9 heteroatoms. The van der Waals surface area contributed by atoms with Crippen molar-refractivity contribution in [2.75, 3.05) is 37.7 Å². The fourth-order valence-corrected chi connectivity index (χ4v) is 5.36. The number of carbonyl (C=O) groups is 1. The second kappa shape index (κ2) is 11.1. The predicted octanol–water partition coefficient (Wildman–Crippen LogP) is 3.67. The minimum absolute atomic E-state index is 0.100. The van der Waals surface area contributed by atoms with Gasteiger partial charge in [0.05, 0.1) is 18.1 Å². The fourth-order valence-electron chi connectivity index (χ4n) is 4.07. The number of nitriles is 1. The lowest BCUT2D eigenvalue weighted by Gasteiger charge is -2.33. The molecule has 2 fully saturated rings. The van der Waals surface area contributed by atoms with Crippen molar-refractivity contribution in [1.82, 2.24) is 9.47 Å². The SMILES string of the molecule is CCCCCCN1C(=O)/C(=C/c2c(C)c(C#N)c(=O)n(CC)c2N2CCOCC2)SC1=S. The van der Waals surface area contributed by atoms with Gasteiger partial charge in [-0.05, 0) is 31.9 Å². The summed E-state index contributed by atoms with van der Waals surface area (Å²) in [6.07, 6.45) is 6.08. The summed E-state index contributed by atoms with van der Waals surface area (Å²) in [5.41, 5.74) is 1.15. The number of morpholine rings is 1. The van der Waals surface area contributed by atoms with Gasteiger partial charge in [-0.25, -0.2) is 0 Å². The summed E-state index contributed by atoms with van der Waals surface area (Å²) in [6.45, 7) is 9.29. The van der Waals surface area contributed by atoms with Crippen LogP contribution in [0.2, 0.25) is 0 Å². The van der Waals surface area contributed by atoms with E-state index < -0.39 is 0 Å². The van der Waals surface area contributed by atoms with E-state index >= 15 is 0 Å². The Bertz CT molecular complexity index is 1020. The van der Waals surface area contributed by atoms with Crippen molar-refractivity contribution in [1.29, 1.82) is 5.26 Å². The number of carbonyl (C=O) groups excluding carboxylic acids is 1. The lowest BCUT2D eigenvalue weighted by atomic mass is 10.0. The van der Waals surface area contributed by atoms with Gasteiger partial charge in [0.1, 0.15) is 21.8 Å². The minimum Gasteiger partial charge on any atom is -0.378 e. The van der Waals surface area contributed by atoms with E-state index in [1.54, 1.807) is 16.4 Å². The largest absolute Gasteiger partial charge is 0.378 e. The first-order chi connectivity index (χ1) is 15.4. The third-order valence-corrected chi connectivity index (χ3v) is 7.24. The minimum atomic E-state index is -0.297. The molecule has 1 aromatic heterocycles. The molecule has 1 aromatic rings. The molecule has 2 aliphatic rings. The molecule has 1 amide bonds. The van der Waals surface area contributed by atoms with Crippen molar-refractivity contribution in [3.63, 3.8) is 0 Å². The van der Waals surface area contributed by atoms with Crippen LogP contribution in [-0.2, 0) is 16.1 Å². The van der Waals surface area contributed by atoms with Crippen molar-refractivity contribution in [2.24, 2.45) is 0 Å². The molecule has 0 N–H and O–H groups in total. The van der Waals surface area contributed by atoms with Gasteiger partial charge >= 0.3 is 0 Å². The second-order valence-electron chi connectivity index (χ2n) is 7.89. The zero-order valence-electron chi connectivity index (χ0n) is 19.0. The smallest absolute Gasteiger partial charge is 0.270 e. The van der Waals surface area contributed by atoms with Crippen LogP contribution in [0, 0.1) is 18.3 Å². The van der Waals surface area contributed by atoms with Crippen LogP contribution >= 0.6 is 24.0 Å². The average molecular weight is 475 g/mol. The van der Waals surface area contributed by atoms with E-state index in [-0.39, 0.29) is 17.0 Å². The van der Waals surface area contributed by atoms with Gasteiger partial charge in [0.25, 0.3) is 11.5 Å². The molecule has 0 spiro atoms. The van der Waals surface area contributed by atoms with E-state index in [0.29, 0.717) is 54.2 Å². The first-order valence-electron chi connectivity index (χ1n) is 11.2. The van der Waals surface area contributed by atoms with Crippen LogP contribution in [0.4, 0.5) is 5.82 Å². The van der Waals surface area contributed by atoms with Crippen molar-refractivity contribution < 1.29 is 9.53 Å². The summed E-state index contributed by atoms with van der Waals surface area (Å²) < 4.78 is 7.69. The first kappa shape index (κ1) is 24.5. The maximum atomic E-state index is 13.1. The standard InChI is InChI=1S/C23H30N4O3S2/c1-4-6-7-8-9-27-22(29)19(32-23(27)31)14-17-16(3)18(15-24)21(28)26(5-2)20(17)25-10-12-30-13-11-25/h14H,4-13H2,1-3H3/b19-14-. The molecular weight excluding hydrogens is 444 g/mol. The molecule has 0 bridgehead atoms. The molecule has 0 aromatic carbocycles. The number of rotatable bonds is 8. The zero-order valence-corrected chi connectivity index (χ0v) is 20.6. The molecule has 32 heavy (non-hydrogen) atoms. The molecule has 2 aliphatic heterocycles. The molecule has 7 nitrogen and oxygen atoms in total. The van der Waals surface area contributed by atoms with Crippen LogP contribution in [0.5, 0.6) is 0 Å². The Morgan fingerprint density at radius 2 is 1.91 bits per heavy atom. The van der Waals surface area contributed by atoms with Gasteiger partial charge in [0.2, 0.25) is 0 Å². The molecule has 0 atom stereocenters. The maximum Gasteiger partial charge on any atom is 0.270 e. The molecule has 2 saturated heterocycles. The zero-order chi connectivity index (χ0) is 23.3. The molecule has 3 heterocycles. The lowest BCUT2D eigenvalue weighted by molar-refractivity contribution is -0.122. The van der Waals surface area contributed by atoms with Gasteiger partial charge in [0.15, 0.2) is 0 Å². The first-order valence-corrected chi connectivity index (χ1v) is 12.4. The normalized spacial score (nSPS) is 18.0. The Labute approximate surface area is 199 Å². The van der Waals surface area contributed by atoms with Crippen molar-refractivity contribution >= 4 is 46.1 Å². The third-order valence-electron chi connectivity index (χ3n) is 5.86. The maximum absolute atomic E-state index is 13.1. The highest BCUT2D eigenvalue weighted by Crippen LogP contribution is 2.36. The van der Waals surface area contributed by atoms with Crippen LogP contribution in [0.15, 0.2) is 9.70 Å². The van der Waals surface area contributed by atoms with Crippen LogP contribution in [0.25, 0.3) is 6.08 Å². The van der Waals surface area contributed by atoms with Crippen LogP contribution in [0.3, 0.4) is 0 Å². The number of hydrogen-bond donors (Lipinski definition) is 0. The van der Waals surface area contributed by atoms with Crippen molar-refractivity contribution in [2.45, 2.75) is 53.0 Å². The van der Waals surface area contributed by atoms with Gasteiger partial charge in [-0.1, -0.05) is 50.2 Å². The van der Waals surface area contributed by atoms with Crippen LogP contribution < -0.4 is 10.5 Å². The molecule has 0 unspecified atom stereocenters. The number of hydrogen-bond acceptors (Lipinski definition) is 7. The summed E-state index contributed by atoms with van der Waals surface area (Å²) in [6, 6.07) is 2.07. The van der Waals surface area contributed by atoms with Gasteiger partial charge in [-0.3, -0.25) is 19.1 Å². The number of anilines is 1. The highest BCUT2D eigenvalue weighted by molar-refractivity contribution is 8.26. The fraction of sp³-hybridized carbons (Fsp3) is 0.565. The number of thiocarbonyl (C=S) groups is 1. The summed E-state index contributed by atoms with van der Waals surface area (Å²) in [7, 11) is 0. The van der Waals surface area contributed by atoms with Crippen molar-refractivity contribution in [3.05, 3.63) is 31.9 Å². The van der Waals surface area contributed by atoms with Gasteiger partial charge < -0.3 is 9.64 Å². The van der Waals surface area contributed by atoms with E-state index in [4.69, 9.17) is 17.0 Å². The number of nitrogens with zero attached hydrogens (tertiary/aromatic N) is 4. The molecule has 0 saturated carbocycles. The highest BCUT2D eigenvalue weighted by atomic mass is 32.2. The van der Waals surface area contributed by atoms with Gasteiger partial charge in [-0.15, -0.1) is 0 Å². The molecule has 172 valence electrons. The summed E-state index contributed by atoms with van der Waals surface area (Å²) in [5.74, 6) is 0.641. The quantitative estimate of drug-likeness (QED) is 0.323. The Morgan fingerprint density at radius 1 is 1.19 bits per heavy atom. The number of unbranched alkanes of at least 4 members (excludes halogenated alkanes) is 3. The van der Waals surface area contributed by atoms with E-state index in [0.717, 1.165) is 37.1 Å². The summed E-state index contributed by atoms with van der Waals surface area (Å²) in [5, 5.41) is 9.66. The van der Waals surface area contributed by atoms with E-state index in [9.17, 15) is 14.9 Å². The average Bonchev–Trinajstić information content (AvgIpc) is 3.06. The molecule has 0 aliphatic carbocycles. The summed E-state index contributed by atoms with van der Waals surface area (Å²) in [4.78, 5) is 30.5. The molecule has 3 rings (SSSR count). The van der Waals surface area contributed by atoms with E-state index in [1.807, 2.05) is 13.0 Å². The third kappa shape index (κ3) is 4.92. The topological polar surface area (TPSA) is 78.6 Å². The highest BCUT2D eigenvalue weighted by Gasteiger charge is 2.33. The Hall–Kier alpha value is -2.15. The number of amides is 1. The summed E-state index contributed by atoms with van der Waals surface area (Å²) >= 11 is 6.78. The monoisotopic (exact) mass is 474 g/mol. The second-order valence-corrected chi connectivity index (χ2v) is 9.57. The lowest BCUT2D eigenvalue weighted by Crippen LogP contribution is -2.41. The van der Waals surface area contributed by atoms with E-state index in [1.165, 1.54) is 11.8 Å². The molecular formula is C23H30N4O3S2. The van der Waals surface area contributed by atoms with Crippen LogP contribution in [-0.4, -0.2) is 52.5 Å². The number of ether oxygens (including phenoxy) is 1. The van der Waals surface area contributed by atoms with Crippen LogP contribution in [0.1, 0.15) is 56.2 Å². The van der Waals surface area contributed by atoms with Gasteiger partial charge in [-0.2, -0.15) is 5.26 Å². The number of aromatic nitrogens is 1. The Kier molecular flexibility index (Phi) is 8.51. The van der Waals surface area contributed by atoms with Crippen molar-refractivity contribution in [3.8, 4) is 6.07 Å². The Balaban J connectivity index is 2.06. The van der Waals surface area contributed by atoms with Gasteiger partial charge in [0, 0.05) is 31.7 Å². The number of thioether (sulfide) groups is 1. The van der Waals surface area contributed by atoms with E-state index in [2.05, 4.69) is 17.9 Å². The molecule has 0 radical (unpaired) electrons. The predicted molar refractivity (Wildman–Crippen MR) is 133 cm³/mol. The number of pyridine rings is 1.